The van der Waals surface area contributed by atoms with Gasteiger partial charge in [-0.1, -0.05) is 13.8 Å². The Kier molecular flexibility index (Phi) is 124. The molecule has 4 N–H and O–H groups in total. The van der Waals surface area contributed by atoms with Crippen LogP contribution in [-0.4, -0.2) is 48.2 Å². The van der Waals surface area contributed by atoms with Crippen LogP contribution in [-0.2, 0) is 31.5 Å². The smallest absolute Gasteiger partial charge is 0.0817 e. The molecule has 0 rings (SSSR count). The summed E-state index contributed by atoms with van der Waals surface area (Å²) in [6.45, 7) is 4.74. The minimum absolute atomic E-state index is 0. The number of hydrogen-bond donors (Lipinski definition) is 4. The average molecular weight is 264 g/mol. The second kappa shape index (κ2) is 62.7. The Hall–Kier alpha value is 0.474. The van der Waals surface area contributed by atoms with Crippen molar-refractivity contribution in [2.75, 3.05) is 27.4 Å². The van der Waals surface area contributed by atoms with Crippen LogP contribution in [0.3, 0.4) is 0 Å². The van der Waals surface area contributed by atoms with Crippen LogP contribution in [0.15, 0.2) is 0 Å². The van der Waals surface area contributed by atoms with Crippen molar-refractivity contribution in [2.24, 2.45) is 0 Å². The van der Waals surface area contributed by atoms with E-state index in [2.05, 4.69) is 9.78 Å². The Morgan fingerprint density at radius 1 is 0.733 bits per heavy atom. The quantitative estimate of drug-likeness (QED) is 0.343. The van der Waals surface area contributed by atoms with Gasteiger partial charge in [-0.15, -0.1) is 0 Å². The summed E-state index contributed by atoms with van der Waals surface area (Å²) in [6.07, 6.45) is 1.74. The van der Waals surface area contributed by atoms with Crippen molar-refractivity contribution in [1.82, 2.24) is 0 Å². The van der Waals surface area contributed by atoms with Crippen molar-refractivity contribution in [1.29, 1.82) is 0 Å². The molecule has 0 radical (unpaired) electrons. The molecule has 0 spiro atoms. The fourth-order valence-electron chi connectivity index (χ4n) is 0.183. The maximum absolute atomic E-state index is 7.57. The van der Waals surface area contributed by atoms with E-state index in [-0.39, 0.29) is 21.7 Å². The molecule has 96 valence electrons. The first kappa shape index (κ1) is 29.5. The van der Waals surface area contributed by atoms with Crippen molar-refractivity contribution < 1.29 is 52.2 Å². The van der Waals surface area contributed by atoms with Crippen molar-refractivity contribution in [2.45, 2.75) is 26.7 Å². The van der Waals surface area contributed by atoms with Crippen molar-refractivity contribution in [3.8, 4) is 0 Å². The van der Waals surface area contributed by atoms with E-state index in [9.17, 15) is 0 Å². The van der Waals surface area contributed by atoms with Gasteiger partial charge in [-0.2, -0.15) is 0 Å². The summed E-state index contributed by atoms with van der Waals surface area (Å²) in [5.74, 6) is 0. The van der Waals surface area contributed by atoms with Gasteiger partial charge in [-0.05, 0) is 12.8 Å². The van der Waals surface area contributed by atoms with Gasteiger partial charge in [0, 0.05) is 35.9 Å². The maximum Gasteiger partial charge on any atom is 0.0817 e. The van der Waals surface area contributed by atoms with Gasteiger partial charge in [0.1, 0.15) is 0 Å². The number of aliphatic hydroxyl groups is 2. The topological polar surface area (TPSA) is 99.4 Å². The maximum atomic E-state index is 7.57. The zero-order chi connectivity index (χ0) is 12.2. The molecule has 0 aliphatic carbocycles. The second-order valence-electron chi connectivity index (χ2n) is 1.67. The number of rotatable bonds is 4. The largest absolute Gasteiger partial charge is 0.400 e. The van der Waals surface area contributed by atoms with E-state index in [0.29, 0.717) is 13.2 Å². The predicted molar refractivity (Wildman–Crippen MR) is 54.0 cm³/mol. The van der Waals surface area contributed by atoms with Crippen LogP contribution in [0.4, 0.5) is 0 Å². The first-order valence-electron chi connectivity index (χ1n) is 4.25. The summed E-state index contributed by atoms with van der Waals surface area (Å²) in [5.41, 5.74) is 0. The Labute approximate surface area is 107 Å². The van der Waals surface area contributed by atoms with E-state index in [1.165, 1.54) is 0 Å². The van der Waals surface area contributed by atoms with Gasteiger partial charge in [-0.25, -0.2) is 9.78 Å². The van der Waals surface area contributed by atoms with Gasteiger partial charge in [0.15, 0.2) is 0 Å². The summed E-state index contributed by atoms with van der Waals surface area (Å²) in [7, 11) is 2.00. The van der Waals surface area contributed by atoms with Gasteiger partial charge in [0.05, 0.1) is 13.2 Å². The van der Waals surface area contributed by atoms with Crippen LogP contribution in [0.1, 0.15) is 26.7 Å². The molecule has 0 aromatic heterocycles. The Morgan fingerprint density at radius 2 is 0.933 bits per heavy atom. The van der Waals surface area contributed by atoms with Gasteiger partial charge >= 0.3 is 0 Å². The summed E-state index contributed by atoms with van der Waals surface area (Å²) in [4.78, 5) is 7.38. The first-order valence-corrected chi connectivity index (χ1v) is 4.25. The molecule has 0 aliphatic heterocycles. The van der Waals surface area contributed by atoms with E-state index in [1.807, 2.05) is 13.8 Å². The minimum atomic E-state index is 0. The normalized spacial score (nSPS) is 6.40. The molecular weight excluding hydrogens is 240 g/mol. The molecule has 0 saturated carbocycles. The summed E-state index contributed by atoms with van der Waals surface area (Å²) in [6, 6.07) is 0. The fraction of sp³-hybridized carbons (Fsp3) is 1.00. The van der Waals surface area contributed by atoms with Crippen LogP contribution in [0.5, 0.6) is 0 Å². The molecule has 6 nitrogen and oxygen atoms in total. The Morgan fingerprint density at radius 3 is 0.933 bits per heavy atom. The Bertz CT molecular complexity index is 40.1. The third-order valence-electron chi connectivity index (χ3n) is 0.591. The molecule has 0 atom stereocenters. The molecule has 0 aromatic rings. The van der Waals surface area contributed by atoms with Crippen LogP contribution in [0.25, 0.3) is 0 Å². The van der Waals surface area contributed by atoms with Gasteiger partial charge < -0.3 is 10.2 Å². The van der Waals surface area contributed by atoms with E-state index < -0.39 is 0 Å². The van der Waals surface area contributed by atoms with Gasteiger partial charge in [-0.3, -0.25) is 10.5 Å². The zero-order valence-corrected chi connectivity index (χ0v) is 11.5. The third-order valence-corrected chi connectivity index (χ3v) is 0.591. The van der Waals surface area contributed by atoms with Crippen LogP contribution in [0, 0.1) is 0 Å². The van der Waals surface area contributed by atoms with Crippen molar-refractivity contribution in [3.63, 3.8) is 0 Å². The molecule has 0 amide bonds. The molecule has 0 aliphatic rings. The average Bonchev–Trinajstić information content (AvgIpc) is 2.27. The molecule has 15 heavy (non-hydrogen) atoms. The zero-order valence-electron chi connectivity index (χ0n) is 9.93. The number of hydrogen-bond acceptors (Lipinski definition) is 6. The molecular formula is C8H24O6Ti. The molecule has 7 heteroatoms. The van der Waals surface area contributed by atoms with Crippen molar-refractivity contribution in [3.05, 3.63) is 0 Å². The molecule has 0 fully saturated rings. The summed E-state index contributed by atoms with van der Waals surface area (Å²) < 4.78 is 0. The monoisotopic (exact) mass is 264 g/mol. The summed E-state index contributed by atoms with van der Waals surface area (Å²) in [5, 5.41) is 29.1. The van der Waals surface area contributed by atoms with E-state index >= 15 is 0 Å². The van der Waals surface area contributed by atoms with E-state index in [1.54, 1.807) is 0 Å². The Balaban J connectivity index is -0.0000000318. The van der Waals surface area contributed by atoms with E-state index in [0.717, 1.165) is 27.1 Å². The first-order chi connectivity index (χ1) is 6.83. The fourth-order valence-corrected chi connectivity index (χ4v) is 0.183. The van der Waals surface area contributed by atoms with Gasteiger partial charge in [0.2, 0.25) is 0 Å². The van der Waals surface area contributed by atoms with Crippen molar-refractivity contribution >= 4 is 0 Å². The third kappa shape index (κ3) is 113. The summed E-state index contributed by atoms with van der Waals surface area (Å²) >= 11 is 0. The SMILES string of the molecule is CCCOO.CCCOO.CO.CO.[Ti]. The minimum Gasteiger partial charge on any atom is -0.400 e. The standard InChI is InChI=1S/2C3H8O2.2CH4O.Ti/c2*1-2-3-5-4;2*1-2;/h2*4H,2-3H2,1H3;2*2H,1H3;. The molecule has 0 unspecified atom stereocenters. The van der Waals surface area contributed by atoms with Crippen LogP contribution >= 0.6 is 0 Å². The van der Waals surface area contributed by atoms with Crippen LogP contribution < -0.4 is 0 Å². The molecule has 0 heterocycles. The van der Waals surface area contributed by atoms with Crippen LogP contribution in [0.2, 0.25) is 0 Å². The predicted octanol–water partition coefficient (Wildman–Crippen LogP) is 0.986. The van der Waals surface area contributed by atoms with E-state index in [4.69, 9.17) is 20.7 Å². The molecule has 0 aromatic carbocycles. The molecule has 0 saturated heterocycles. The number of aliphatic hydroxyl groups excluding tert-OH is 2. The second-order valence-corrected chi connectivity index (χ2v) is 1.67. The van der Waals surface area contributed by atoms with Gasteiger partial charge in [0.25, 0.3) is 0 Å². The molecule has 0 bridgehead atoms.